The highest BCUT2D eigenvalue weighted by molar-refractivity contribution is 6.31. The molecule has 0 aliphatic carbocycles. The fraction of sp³-hybridized carbons (Fsp3) is 0.538. The van der Waals surface area contributed by atoms with E-state index < -0.39 is 0 Å². The van der Waals surface area contributed by atoms with Crippen LogP contribution in [-0.4, -0.2) is 20.8 Å². The van der Waals surface area contributed by atoms with Crippen molar-refractivity contribution < 1.29 is 9.47 Å². The summed E-state index contributed by atoms with van der Waals surface area (Å²) in [4.78, 5) is 0. The van der Waals surface area contributed by atoms with Crippen LogP contribution in [0.1, 0.15) is 25.8 Å². The summed E-state index contributed by atoms with van der Waals surface area (Å²) in [5.74, 6) is 1.33. The van der Waals surface area contributed by atoms with Crippen LogP contribution < -0.4 is 15.2 Å². The number of hydrogen-bond donors (Lipinski definition) is 1. The van der Waals surface area contributed by atoms with Crippen molar-refractivity contribution in [3.05, 3.63) is 22.7 Å². The van der Waals surface area contributed by atoms with Gasteiger partial charge in [0.1, 0.15) is 0 Å². The lowest BCUT2D eigenvalue weighted by Gasteiger charge is -2.26. The molecule has 4 heteroatoms. The summed E-state index contributed by atoms with van der Waals surface area (Å²) in [7, 11) is 3.21. The summed E-state index contributed by atoms with van der Waals surface area (Å²) in [6.07, 6.45) is 0.863. The van der Waals surface area contributed by atoms with E-state index in [0.29, 0.717) is 23.1 Å². The quantitative estimate of drug-likeness (QED) is 0.882. The van der Waals surface area contributed by atoms with Crippen molar-refractivity contribution >= 4 is 11.6 Å². The Hall–Kier alpha value is -0.930. The zero-order chi connectivity index (χ0) is 13.1. The molecule has 2 N–H and O–H groups in total. The van der Waals surface area contributed by atoms with Crippen LogP contribution in [0.15, 0.2) is 12.1 Å². The minimum atomic E-state index is -0.0780. The van der Waals surface area contributed by atoms with Crippen molar-refractivity contribution in [2.75, 3.05) is 20.8 Å². The highest BCUT2D eigenvalue weighted by Gasteiger charge is 2.24. The van der Waals surface area contributed by atoms with Crippen molar-refractivity contribution in [3.8, 4) is 11.5 Å². The third-order valence-corrected chi connectivity index (χ3v) is 3.28. The average Bonchev–Trinajstić information content (AvgIpc) is 2.28. The molecule has 17 heavy (non-hydrogen) atoms. The third-order valence-electron chi connectivity index (χ3n) is 2.97. The van der Waals surface area contributed by atoms with Gasteiger partial charge in [0.2, 0.25) is 0 Å². The highest BCUT2D eigenvalue weighted by atomic mass is 35.5. The van der Waals surface area contributed by atoms with E-state index in [9.17, 15) is 0 Å². The molecule has 0 unspecified atom stereocenters. The molecule has 0 radical (unpaired) electrons. The van der Waals surface area contributed by atoms with Gasteiger partial charge in [0.15, 0.2) is 11.5 Å². The second-order valence-electron chi connectivity index (χ2n) is 4.61. The number of methoxy groups -OCH3 is 2. The van der Waals surface area contributed by atoms with Gasteiger partial charge < -0.3 is 15.2 Å². The maximum Gasteiger partial charge on any atom is 0.162 e. The molecule has 3 nitrogen and oxygen atoms in total. The van der Waals surface area contributed by atoms with Gasteiger partial charge >= 0.3 is 0 Å². The van der Waals surface area contributed by atoms with E-state index in [4.69, 9.17) is 26.8 Å². The Kier molecular flexibility index (Phi) is 4.66. The fourth-order valence-electron chi connectivity index (χ4n) is 1.87. The Bertz CT molecular complexity index is 391. The lowest BCUT2D eigenvalue weighted by Crippen LogP contribution is -2.22. The van der Waals surface area contributed by atoms with Gasteiger partial charge in [0.05, 0.1) is 14.2 Å². The molecule has 0 aromatic heterocycles. The summed E-state index contributed by atoms with van der Waals surface area (Å²) in [5.41, 5.74) is 6.58. The first-order valence-corrected chi connectivity index (χ1v) is 5.96. The molecule has 0 aliphatic heterocycles. The molecule has 0 saturated carbocycles. The Morgan fingerprint density at radius 2 is 1.71 bits per heavy atom. The van der Waals surface area contributed by atoms with Gasteiger partial charge in [0.25, 0.3) is 0 Å². The van der Waals surface area contributed by atoms with Gasteiger partial charge in [-0.25, -0.2) is 0 Å². The third kappa shape index (κ3) is 3.05. The minimum Gasteiger partial charge on any atom is -0.493 e. The van der Waals surface area contributed by atoms with Crippen LogP contribution in [0.3, 0.4) is 0 Å². The molecule has 0 aliphatic rings. The Morgan fingerprint density at radius 3 is 2.18 bits per heavy atom. The Labute approximate surface area is 108 Å². The first-order chi connectivity index (χ1) is 7.96. The van der Waals surface area contributed by atoms with Gasteiger partial charge in [0, 0.05) is 11.1 Å². The van der Waals surface area contributed by atoms with E-state index in [1.165, 1.54) is 0 Å². The molecule has 0 bridgehead atoms. The topological polar surface area (TPSA) is 44.5 Å². The summed E-state index contributed by atoms with van der Waals surface area (Å²) >= 11 is 6.28. The van der Waals surface area contributed by atoms with E-state index in [1.807, 2.05) is 6.07 Å². The van der Waals surface area contributed by atoms with Gasteiger partial charge in [-0.05, 0) is 30.0 Å². The minimum absolute atomic E-state index is 0.0780. The molecule has 1 aromatic rings. The lowest BCUT2D eigenvalue weighted by atomic mass is 9.81. The number of rotatable bonds is 5. The molecule has 96 valence electrons. The van der Waals surface area contributed by atoms with Crippen LogP contribution in [-0.2, 0) is 5.41 Å². The average molecular weight is 258 g/mol. The highest BCUT2D eigenvalue weighted by Crippen LogP contribution is 2.39. The van der Waals surface area contributed by atoms with Gasteiger partial charge in [-0.1, -0.05) is 25.4 Å². The SMILES string of the molecule is COc1cc(Cl)c(C(C)(C)CCN)cc1OC. The van der Waals surface area contributed by atoms with Crippen LogP contribution in [0.5, 0.6) is 11.5 Å². The molecule has 1 rings (SSSR count). The smallest absolute Gasteiger partial charge is 0.162 e. The zero-order valence-corrected chi connectivity index (χ0v) is 11.6. The first kappa shape index (κ1) is 14.1. The molecule has 1 aromatic carbocycles. The predicted molar refractivity (Wildman–Crippen MR) is 71.3 cm³/mol. The molecular formula is C13H20ClNO2. The van der Waals surface area contributed by atoms with Crippen LogP contribution in [0.2, 0.25) is 5.02 Å². The first-order valence-electron chi connectivity index (χ1n) is 5.58. The molecule has 0 fully saturated rings. The Morgan fingerprint density at radius 1 is 1.18 bits per heavy atom. The van der Waals surface area contributed by atoms with Gasteiger partial charge in [-0.3, -0.25) is 0 Å². The summed E-state index contributed by atoms with van der Waals surface area (Å²) in [6.45, 7) is 4.86. The molecule has 0 atom stereocenters. The maximum atomic E-state index is 6.28. The summed E-state index contributed by atoms with van der Waals surface area (Å²) < 4.78 is 10.5. The van der Waals surface area contributed by atoms with E-state index in [-0.39, 0.29) is 5.41 Å². The van der Waals surface area contributed by atoms with Gasteiger partial charge in [-0.15, -0.1) is 0 Å². The molecular weight excluding hydrogens is 238 g/mol. The van der Waals surface area contributed by atoms with Crippen molar-refractivity contribution in [2.24, 2.45) is 5.73 Å². The second-order valence-corrected chi connectivity index (χ2v) is 5.02. The Balaban J connectivity index is 3.25. The number of benzene rings is 1. The summed E-state index contributed by atoms with van der Waals surface area (Å²) in [6, 6.07) is 3.71. The van der Waals surface area contributed by atoms with Crippen LogP contribution in [0, 0.1) is 0 Å². The standard InChI is InChI=1S/C13H20ClNO2/c1-13(2,5-6-15)9-7-11(16-3)12(17-4)8-10(9)14/h7-8H,5-6,15H2,1-4H3. The monoisotopic (exact) mass is 257 g/mol. The molecule has 0 heterocycles. The van der Waals surface area contributed by atoms with E-state index in [1.54, 1.807) is 20.3 Å². The van der Waals surface area contributed by atoms with E-state index >= 15 is 0 Å². The van der Waals surface area contributed by atoms with Crippen molar-refractivity contribution in [1.82, 2.24) is 0 Å². The fourth-order valence-corrected chi connectivity index (χ4v) is 2.28. The number of hydrogen-bond acceptors (Lipinski definition) is 3. The van der Waals surface area contributed by atoms with Gasteiger partial charge in [-0.2, -0.15) is 0 Å². The molecule has 0 spiro atoms. The van der Waals surface area contributed by atoms with Crippen LogP contribution in [0.4, 0.5) is 0 Å². The maximum absolute atomic E-state index is 6.28. The number of nitrogens with two attached hydrogens (primary N) is 1. The largest absolute Gasteiger partial charge is 0.493 e. The van der Waals surface area contributed by atoms with E-state index in [2.05, 4.69) is 13.8 Å². The number of halogens is 1. The lowest BCUT2D eigenvalue weighted by molar-refractivity contribution is 0.353. The predicted octanol–water partition coefficient (Wildman–Crippen LogP) is 2.98. The second kappa shape index (κ2) is 5.61. The summed E-state index contributed by atoms with van der Waals surface area (Å²) in [5, 5.41) is 0.682. The normalized spacial score (nSPS) is 11.4. The van der Waals surface area contributed by atoms with Crippen molar-refractivity contribution in [3.63, 3.8) is 0 Å². The molecule has 0 amide bonds. The molecule has 0 saturated heterocycles. The van der Waals surface area contributed by atoms with Crippen molar-refractivity contribution in [1.29, 1.82) is 0 Å². The zero-order valence-electron chi connectivity index (χ0n) is 10.8. The van der Waals surface area contributed by atoms with Crippen molar-refractivity contribution in [2.45, 2.75) is 25.7 Å². The van der Waals surface area contributed by atoms with E-state index in [0.717, 1.165) is 12.0 Å². The van der Waals surface area contributed by atoms with Crippen LogP contribution in [0.25, 0.3) is 0 Å². The van der Waals surface area contributed by atoms with Crippen LogP contribution >= 0.6 is 11.6 Å². The number of ether oxygens (including phenoxy) is 2.